The van der Waals surface area contributed by atoms with E-state index in [-0.39, 0.29) is 11.6 Å². The van der Waals surface area contributed by atoms with E-state index in [9.17, 15) is 5.11 Å². The maximum atomic E-state index is 9.91. The number of aryl methyl sites for hydroxylation is 1. The SMILES string of the molecule is Nc1cc(-c2c(O)ccc3c2CCC3)no1. The molecule has 0 radical (unpaired) electrons. The van der Waals surface area contributed by atoms with Crippen molar-refractivity contribution in [3.8, 4) is 17.0 Å². The molecule has 0 atom stereocenters. The molecule has 0 bridgehead atoms. The molecular formula is C12H12N2O2. The fourth-order valence-electron chi connectivity index (χ4n) is 2.35. The molecule has 1 heterocycles. The van der Waals surface area contributed by atoms with Crippen molar-refractivity contribution < 1.29 is 9.63 Å². The van der Waals surface area contributed by atoms with Gasteiger partial charge in [0.15, 0.2) is 0 Å². The third kappa shape index (κ3) is 1.26. The predicted octanol–water partition coefficient (Wildman–Crippen LogP) is 2.12. The lowest BCUT2D eigenvalue weighted by Gasteiger charge is -2.07. The van der Waals surface area contributed by atoms with Crippen molar-refractivity contribution in [3.05, 3.63) is 29.3 Å². The highest BCUT2D eigenvalue weighted by Crippen LogP contribution is 2.38. The number of hydrogen-bond acceptors (Lipinski definition) is 4. The van der Waals surface area contributed by atoms with E-state index in [0.29, 0.717) is 5.69 Å². The molecule has 0 spiro atoms. The Bertz CT molecular complexity index is 546. The fourth-order valence-corrected chi connectivity index (χ4v) is 2.35. The van der Waals surface area contributed by atoms with Gasteiger partial charge in [-0.3, -0.25) is 0 Å². The minimum atomic E-state index is 0.244. The predicted molar refractivity (Wildman–Crippen MR) is 60.0 cm³/mol. The Hall–Kier alpha value is -1.97. The number of nitrogens with zero attached hydrogens (tertiary/aromatic N) is 1. The van der Waals surface area contributed by atoms with Crippen LogP contribution in [0.3, 0.4) is 0 Å². The number of nitrogen functional groups attached to an aromatic ring is 1. The maximum absolute atomic E-state index is 9.91. The highest BCUT2D eigenvalue weighted by atomic mass is 16.5. The summed E-state index contributed by atoms with van der Waals surface area (Å²) in [5.74, 6) is 0.513. The summed E-state index contributed by atoms with van der Waals surface area (Å²) in [6, 6.07) is 5.34. The molecule has 3 rings (SSSR count). The second kappa shape index (κ2) is 3.27. The average Bonchev–Trinajstić information content (AvgIpc) is 2.86. The van der Waals surface area contributed by atoms with Gasteiger partial charge in [-0.05, 0) is 36.5 Å². The van der Waals surface area contributed by atoms with Crippen molar-refractivity contribution in [2.45, 2.75) is 19.3 Å². The van der Waals surface area contributed by atoms with Crippen LogP contribution in [0.25, 0.3) is 11.3 Å². The Morgan fingerprint density at radius 3 is 2.94 bits per heavy atom. The Labute approximate surface area is 92.7 Å². The smallest absolute Gasteiger partial charge is 0.222 e. The third-order valence-corrected chi connectivity index (χ3v) is 3.05. The Morgan fingerprint density at radius 1 is 1.31 bits per heavy atom. The highest BCUT2D eigenvalue weighted by molar-refractivity contribution is 5.73. The Balaban J connectivity index is 2.23. The average molecular weight is 216 g/mol. The van der Waals surface area contributed by atoms with Gasteiger partial charge >= 0.3 is 0 Å². The van der Waals surface area contributed by atoms with Gasteiger partial charge in [0.1, 0.15) is 11.4 Å². The molecule has 0 aliphatic heterocycles. The van der Waals surface area contributed by atoms with Gasteiger partial charge in [0.05, 0.1) is 0 Å². The van der Waals surface area contributed by atoms with E-state index in [1.807, 2.05) is 6.07 Å². The third-order valence-electron chi connectivity index (χ3n) is 3.05. The molecule has 0 fully saturated rings. The summed E-state index contributed by atoms with van der Waals surface area (Å²) in [4.78, 5) is 0. The van der Waals surface area contributed by atoms with Gasteiger partial charge in [-0.15, -0.1) is 0 Å². The van der Waals surface area contributed by atoms with Crippen LogP contribution in [0.1, 0.15) is 17.5 Å². The first kappa shape index (κ1) is 9.27. The maximum Gasteiger partial charge on any atom is 0.222 e. The molecule has 0 saturated carbocycles. The van der Waals surface area contributed by atoms with Crippen molar-refractivity contribution >= 4 is 5.88 Å². The molecule has 4 nitrogen and oxygen atoms in total. The number of rotatable bonds is 1. The molecule has 82 valence electrons. The highest BCUT2D eigenvalue weighted by Gasteiger charge is 2.20. The van der Waals surface area contributed by atoms with Crippen LogP contribution in [0, 0.1) is 0 Å². The minimum Gasteiger partial charge on any atom is -0.507 e. The van der Waals surface area contributed by atoms with E-state index in [1.165, 1.54) is 11.1 Å². The zero-order valence-electron chi connectivity index (χ0n) is 8.73. The lowest BCUT2D eigenvalue weighted by molar-refractivity contribution is 0.437. The summed E-state index contributed by atoms with van der Waals surface area (Å²) in [6.07, 6.45) is 3.17. The monoisotopic (exact) mass is 216 g/mol. The molecule has 16 heavy (non-hydrogen) atoms. The van der Waals surface area contributed by atoms with E-state index in [2.05, 4.69) is 5.16 Å². The number of fused-ring (bicyclic) bond motifs is 1. The summed E-state index contributed by atoms with van der Waals surface area (Å²) in [5, 5.41) is 13.8. The van der Waals surface area contributed by atoms with Crippen LogP contribution in [0.15, 0.2) is 22.7 Å². The lowest BCUT2D eigenvalue weighted by atomic mass is 10.00. The van der Waals surface area contributed by atoms with Gasteiger partial charge in [-0.25, -0.2) is 0 Å². The number of phenolic OH excluding ortho intramolecular Hbond substituents is 1. The molecule has 1 aliphatic rings. The van der Waals surface area contributed by atoms with E-state index in [1.54, 1.807) is 12.1 Å². The van der Waals surface area contributed by atoms with Crippen molar-refractivity contribution in [3.63, 3.8) is 0 Å². The molecule has 0 amide bonds. The first-order chi connectivity index (χ1) is 7.75. The Morgan fingerprint density at radius 2 is 2.19 bits per heavy atom. The van der Waals surface area contributed by atoms with Gasteiger partial charge < -0.3 is 15.4 Å². The van der Waals surface area contributed by atoms with Gasteiger partial charge in [-0.1, -0.05) is 11.2 Å². The standard InChI is InChI=1S/C12H12N2O2/c13-11-6-9(14-16-11)12-8-3-1-2-7(8)4-5-10(12)15/h4-6,15H,1-3,13H2. The van der Waals surface area contributed by atoms with Gasteiger partial charge in [0.2, 0.25) is 5.88 Å². The molecule has 3 N–H and O–H groups in total. The number of hydrogen-bond donors (Lipinski definition) is 2. The van der Waals surface area contributed by atoms with Gasteiger partial charge in [-0.2, -0.15) is 0 Å². The first-order valence-corrected chi connectivity index (χ1v) is 5.32. The van der Waals surface area contributed by atoms with Gasteiger partial charge in [0.25, 0.3) is 0 Å². The van der Waals surface area contributed by atoms with Crippen LogP contribution in [-0.2, 0) is 12.8 Å². The number of nitrogens with two attached hydrogens (primary N) is 1. The van der Waals surface area contributed by atoms with Crippen LogP contribution < -0.4 is 5.73 Å². The molecule has 0 unspecified atom stereocenters. The van der Waals surface area contributed by atoms with E-state index in [4.69, 9.17) is 10.3 Å². The summed E-state index contributed by atoms with van der Waals surface area (Å²) < 4.78 is 4.85. The normalized spacial score (nSPS) is 14.0. The summed E-state index contributed by atoms with van der Waals surface area (Å²) in [7, 11) is 0. The zero-order valence-corrected chi connectivity index (χ0v) is 8.73. The molecule has 1 aromatic carbocycles. The quantitative estimate of drug-likeness (QED) is 0.765. The molecule has 4 heteroatoms. The largest absolute Gasteiger partial charge is 0.507 e. The summed E-state index contributed by atoms with van der Waals surface area (Å²) >= 11 is 0. The molecule has 2 aromatic rings. The number of anilines is 1. The van der Waals surface area contributed by atoms with Crippen molar-refractivity contribution in [2.24, 2.45) is 0 Å². The number of aromatic hydroxyl groups is 1. The number of benzene rings is 1. The van der Waals surface area contributed by atoms with Crippen molar-refractivity contribution in [1.29, 1.82) is 0 Å². The number of aromatic nitrogens is 1. The van der Waals surface area contributed by atoms with Crippen molar-refractivity contribution in [1.82, 2.24) is 5.16 Å². The van der Waals surface area contributed by atoms with Crippen LogP contribution in [0.5, 0.6) is 5.75 Å². The van der Waals surface area contributed by atoms with Crippen LogP contribution in [0.2, 0.25) is 0 Å². The molecule has 1 aromatic heterocycles. The van der Waals surface area contributed by atoms with Crippen LogP contribution in [-0.4, -0.2) is 10.3 Å². The van der Waals surface area contributed by atoms with Crippen molar-refractivity contribution in [2.75, 3.05) is 5.73 Å². The Kier molecular flexibility index (Phi) is 1.89. The first-order valence-electron chi connectivity index (χ1n) is 5.32. The molecular weight excluding hydrogens is 204 g/mol. The van der Waals surface area contributed by atoms with E-state index >= 15 is 0 Å². The summed E-state index contributed by atoms with van der Waals surface area (Å²) in [6.45, 7) is 0. The zero-order chi connectivity index (χ0) is 11.1. The number of phenols is 1. The van der Waals surface area contributed by atoms with Crippen LogP contribution in [0.4, 0.5) is 5.88 Å². The second-order valence-corrected chi connectivity index (χ2v) is 4.07. The summed E-state index contributed by atoms with van der Waals surface area (Å²) in [5.41, 5.74) is 9.35. The van der Waals surface area contributed by atoms with E-state index in [0.717, 1.165) is 24.8 Å². The second-order valence-electron chi connectivity index (χ2n) is 4.07. The minimum absolute atomic E-state index is 0.244. The fraction of sp³-hybridized carbons (Fsp3) is 0.250. The van der Waals surface area contributed by atoms with E-state index < -0.39 is 0 Å². The van der Waals surface area contributed by atoms with Crippen LogP contribution >= 0.6 is 0 Å². The topological polar surface area (TPSA) is 72.3 Å². The van der Waals surface area contributed by atoms with Gasteiger partial charge in [0, 0.05) is 11.6 Å². The lowest BCUT2D eigenvalue weighted by Crippen LogP contribution is -1.89. The molecule has 1 aliphatic carbocycles. The molecule has 0 saturated heterocycles.